The van der Waals surface area contributed by atoms with Crippen LogP contribution < -0.4 is 5.32 Å². The van der Waals surface area contributed by atoms with Crippen LogP contribution >= 0.6 is 27.5 Å². The average Bonchev–Trinajstić information content (AvgIpc) is 2.41. The number of pyridine rings is 1. The van der Waals surface area contributed by atoms with Crippen LogP contribution in [-0.4, -0.2) is 10.9 Å². The van der Waals surface area contributed by atoms with E-state index in [1.807, 2.05) is 30.3 Å². The lowest BCUT2D eigenvalue weighted by atomic mass is 10.1. The highest BCUT2D eigenvalue weighted by molar-refractivity contribution is 9.10. The standard InChI is InChI=1S/C13H10BrClN2O/c14-10-7-4-8-16-12(10)17-13(18)11(15)9-5-2-1-3-6-9/h1-8,11H,(H,16,17,18). The Morgan fingerprint density at radius 1 is 1.22 bits per heavy atom. The second kappa shape index (κ2) is 5.98. The number of amides is 1. The minimum Gasteiger partial charge on any atom is -0.308 e. The maximum Gasteiger partial charge on any atom is 0.248 e. The molecule has 1 amide bonds. The number of carbonyl (C=O) groups excluding carboxylic acids is 1. The summed E-state index contributed by atoms with van der Waals surface area (Å²) < 4.78 is 0.718. The van der Waals surface area contributed by atoms with Gasteiger partial charge in [0.25, 0.3) is 0 Å². The van der Waals surface area contributed by atoms with Gasteiger partial charge in [-0.15, -0.1) is 11.6 Å². The summed E-state index contributed by atoms with van der Waals surface area (Å²) in [5.74, 6) is 0.159. The van der Waals surface area contributed by atoms with Gasteiger partial charge in [-0.2, -0.15) is 0 Å². The van der Waals surface area contributed by atoms with Gasteiger partial charge >= 0.3 is 0 Å². The number of nitrogens with zero attached hydrogens (tertiary/aromatic N) is 1. The van der Waals surface area contributed by atoms with Gasteiger partial charge in [-0.3, -0.25) is 4.79 Å². The molecule has 0 aliphatic carbocycles. The van der Waals surface area contributed by atoms with Gasteiger partial charge in [0, 0.05) is 6.20 Å². The molecule has 1 unspecified atom stereocenters. The van der Waals surface area contributed by atoms with Crippen LogP contribution in [0.2, 0.25) is 0 Å². The molecule has 3 nitrogen and oxygen atoms in total. The van der Waals surface area contributed by atoms with E-state index in [9.17, 15) is 4.79 Å². The molecule has 18 heavy (non-hydrogen) atoms. The minimum absolute atomic E-state index is 0.303. The maximum absolute atomic E-state index is 12.0. The van der Waals surface area contributed by atoms with E-state index < -0.39 is 5.38 Å². The summed E-state index contributed by atoms with van der Waals surface area (Å²) in [5.41, 5.74) is 0.753. The second-order valence-electron chi connectivity index (χ2n) is 3.60. The summed E-state index contributed by atoms with van der Waals surface area (Å²) in [6.07, 6.45) is 1.60. The third kappa shape index (κ3) is 3.09. The van der Waals surface area contributed by atoms with Crippen molar-refractivity contribution < 1.29 is 4.79 Å². The quantitative estimate of drug-likeness (QED) is 0.873. The SMILES string of the molecule is O=C(Nc1ncccc1Br)C(Cl)c1ccccc1. The number of alkyl halides is 1. The molecule has 1 N–H and O–H groups in total. The molecule has 2 rings (SSSR count). The van der Waals surface area contributed by atoms with E-state index in [-0.39, 0.29) is 5.91 Å². The molecule has 1 aromatic heterocycles. The van der Waals surface area contributed by atoms with Crippen LogP contribution in [0.5, 0.6) is 0 Å². The molecular formula is C13H10BrClN2O. The van der Waals surface area contributed by atoms with Crippen LogP contribution in [0.4, 0.5) is 5.82 Å². The van der Waals surface area contributed by atoms with Crippen LogP contribution in [0.25, 0.3) is 0 Å². The zero-order chi connectivity index (χ0) is 13.0. The van der Waals surface area contributed by atoms with Gasteiger partial charge in [-0.05, 0) is 33.6 Å². The molecule has 0 radical (unpaired) electrons. The Bertz CT molecular complexity index is 548. The number of carbonyl (C=O) groups is 1. The van der Waals surface area contributed by atoms with Gasteiger partial charge in [-0.25, -0.2) is 4.98 Å². The van der Waals surface area contributed by atoms with Crippen LogP contribution in [0, 0.1) is 0 Å². The molecule has 5 heteroatoms. The first-order valence-corrected chi connectivity index (χ1v) is 6.52. The number of anilines is 1. The fraction of sp³-hybridized carbons (Fsp3) is 0.0769. The predicted molar refractivity (Wildman–Crippen MR) is 75.6 cm³/mol. The van der Waals surface area contributed by atoms with Crippen LogP contribution in [0.15, 0.2) is 53.1 Å². The highest BCUT2D eigenvalue weighted by Gasteiger charge is 2.18. The van der Waals surface area contributed by atoms with Gasteiger partial charge in [-0.1, -0.05) is 30.3 Å². The Labute approximate surface area is 118 Å². The van der Waals surface area contributed by atoms with Crippen LogP contribution in [0.3, 0.4) is 0 Å². The first-order chi connectivity index (χ1) is 8.68. The lowest BCUT2D eigenvalue weighted by Crippen LogP contribution is -2.18. The first-order valence-electron chi connectivity index (χ1n) is 5.29. The van der Waals surface area contributed by atoms with Crippen molar-refractivity contribution in [1.29, 1.82) is 0 Å². The average molecular weight is 326 g/mol. The lowest BCUT2D eigenvalue weighted by molar-refractivity contribution is -0.116. The van der Waals surface area contributed by atoms with Gasteiger partial charge < -0.3 is 5.32 Å². The summed E-state index contributed by atoms with van der Waals surface area (Å²) in [7, 11) is 0. The predicted octanol–water partition coefficient (Wildman–Crippen LogP) is 3.76. The van der Waals surface area contributed by atoms with Crippen molar-refractivity contribution in [1.82, 2.24) is 4.98 Å². The van der Waals surface area contributed by atoms with Crippen molar-refractivity contribution in [2.75, 3.05) is 5.32 Å². The van der Waals surface area contributed by atoms with Crippen LogP contribution in [-0.2, 0) is 4.79 Å². The topological polar surface area (TPSA) is 42.0 Å². The monoisotopic (exact) mass is 324 g/mol. The summed E-state index contributed by atoms with van der Waals surface area (Å²) in [5, 5.41) is 1.94. The van der Waals surface area contributed by atoms with E-state index in [4.69, 9.17) is 11.6 Å². The molecule has 0 fully saturated rings. The molecule has 0 aliphatic rings. The Morgan fingerprint density at radius 3 is 2.61 bits per heavy atom. The van der Waals surface area contributed by atoms with Crippen molar-refractivity contribution in [2.45, 2.75) is 5.38 Å². The Balaban J connectivity index is 2.12. The lowest BCUT2D eigenvalue weighted by Gasteiger charge is -2.11. The van der Waals surface area contributed by atoms with E-state index >= 15 is 0 Å². The highest BCUT2D eigenvalue weighted by Crippen LogP contribution is 2.24. The third-order valence-electron chi connectivity index (χ3n) is 2.32. The number of hydrogen-bond donors (Lipinski definition) is 1. The number of rotatable bonds is 3. The highest BCUT2D eigenvalue weighted by atomic mass is 79.9. The number of aromatic nitrogens is 1. The molecule has 0 spiro atoms. The Morgan fingerprint density at radius 2 is 1.94 bits per heavy atom. The molecule has 0 aliphatic heterocycles. The second-order valence-corrected chi connectivity index (χ2v) is 4.89. The zero-order valence-corrected chi connectivity index (χ0v) is 11.6. The number of benzene rings is 1. The molecule has 2 aromatic rings. The molecule has 1 aromatic carbocycles. The largest absolute Gasteiger partial charge is 0.308 e. The summed E-state index contributed by atoms with van der Waals surface area (Å²) >= 11 is 9.41. The zero-order valence-electron chi connectivity index (χ0n) is 9.31. The van der Waals surface area contributed by atoms with Gasteiger partial charge in [0.2, 0.25) is 5.91 Å². The molecule has 0 bridgehead atoms. The number of halogens is 2. The Kier molecular flexibility index (Phi) is 4.33. The third-order valence-corrected chi connectivity index (χ3v) is 3.41. The Hall–Kier alpha value is -1.39. The van der Waals surface area contributed by atoms with E-state index in [0.29, 0.717) is 5.82 Å². The van der Waals surface area contributed by atoms with E-state index in [0.717, 1.165) is 10.0 Å². The van der Waals surface area contributed by atoms with Crippen molar-refractivity contribution in [3.8, 4) is 0 Å². The van der Waals surface area contributed by atoms with E-state index in [1.165, 1.54) is 0 Å². The van der Waals surface area contributed by atoms with Crippen LogP contribution in [0.1, 0.15) is 10.9 Å². The smallest absolute Gasteiger partial charge is 0.248 e. The van der Waals surface area contributed by atoms with Gasteiger partial charge in [0.15, 0.2) is 0 Å². The van der Waals surface area contributed by atoms with Gasteiger partial charge in [0.1, 0.15) is 11.2 Å². The van der Waals surface area contributed by atoms with Crippen molar-refractivity contribution in [2.24, 2.45) is 0 Å². The van der Waals surface area contributed by atoms with Crippen molar-refractivity contribution >= 4 is 39.3 Å². The minimum atomic E-state index is -0.736. The van der Waals surface area contributed by atoms with Crippen molar-refractivity contribution in [3.63, 3.8) is 0 Å². The fourth-order valence-electron chi connectivity index (χ4n) is 1.43. The molecular weight excluding hydrogens is 316 g/mol. The van der Waals surface area contributed by atoms with Crippen molar-refractivity contribution in [3.05, 3.63) is 58.7 Å². The first kappa shape index (κ1) is 13.1. The summed E-state index contributed by atoms with van der Waals surface area (Å²) in [6, 6.07) is 12.8. The van der Waals surface area contributed by atoms with E-state index in [1.54, 1.807) is 18.3 Å². The van der Waals surface area contributed by atoms with E-state index in [2.05, 4.69) is 26.2 Å². The molecule has 1 heterocycles. The fourth-order valence-corrected chi connectivity index (χ4v) is 1.99. The van der Waals surface area contributed by atoms with Gasteiger partial charge in [0.05, 0.1) is 4.47 Å². The molecule has 92 valence electrons. The number of hydrogen-bond acceptors (Lipinski definition) is 2. The maximum atomic E-state index is 12.0. The summed E-state index contributed by atoms with van der Waals surface area (Å²) in [4.78, 5) is 16.0. The normalized spacial score (nSPS) is 11.9. The molecule has 0 saturated heterocycles. The molecule has 1 atom stereocenters. The summed E-state index contributed by atoms with van der Waals surface area (Å²) in [6.45, 7) is 0. The molecule has 0 saturated carbocycles. The number of nitrogens with one attached hydrogen (secondary N) is 1.